The number of ether oxygens (including phenoxy) is 2. The Morgan fingerprint density at radius 2 is 1.89 bits per heavy atom. The van der Waals surface area contributed by atoms with Gasteiger partial charge in [0, 0.05) is 29.6 Å². The summed E-state index contributed by atoms with van der Waals surface area (Å²) in [6.07, 6.45) is 0.816. The first-order chi connectivity index (χ1) is 9.12. The van der Waals surface area contributed by atoms with Crippen molar-refractivity contribution < 1.29 is 9.47 Å². The summed E-state index contributed by atoms with van der Waals surface area (Å²) >= 11 is 0. The van der Waals surface area contributed by atoms with E-state index >= 15 is 0 Å². The fraction of sp³-hybridized carbons (Fsp3) is 0.267. The third-order valence-electron chi connectivity index (χ3n) is 2.77. The molecule has 0 atom stereocenters. The maximum Gasteiger partial charge on any atom is 0.148 e. The minimum absolute atomic E-state index is 0.604. The van der Waals surface area contributed by atoms with Crippen LogP contribution in [0.3, 0.4) is 0 Å². The van der Waals surface area contributed by atoms with Crippen LogP contribution >= 0.6 is 0 Å². The van der Waals surface area contributed by atoms with Gasteiger partial charge in [0.15, 0.2) is 0 Å². The van der Waals surface area contributed by atoms with Gasteiger partial charge in [-0.25, -0.2) is 0 Å². The topological polar surface area (TPSA) is 57.4 Å². The molecule has 0 fully saturated rings. The Kier molecular flexibility index (Phi) is 3.90. The molecule has 0 spiro atoms. The summed E-state index contributed by atoms with van der Waals surface area (Å²) in [6.45, 7) is 4.01. The average molecular weight is 258 g/mol. The fourth-order valence-corrected chi connectivity index (χ4v) is 1.84. The van der Waals surface area contributed by atoms with Crippen LogP contribution in [0.1, 0.15) is 18.3 Å². The average Bonchev–Trinajstić information content (AvgIpc) is 2.40. The van der Waals surface area contributed by atoms with Gasteiger partial charge in [-0.15, -0.1) is 0 Å². The monoisotopic (exact) mass is 258 g/mol. The molecule has 2 rings (SSSR count). The zero-order valence-electron chi connectivity index (χ0n) is 11.4. The number of methoxy groups -OCH3 is 1. The van der Waals surface area contributed by atoms with Crippen molar-refractivity contribution in [3.05, 3.63) is 41.7 Å². The molecule has 0 aliphatic rings. The van der Waals surface area contributed by atoms with E-state index in [0.29, 0.717) is 17.2 Å². The molecule has 19 heavy (non-hydrogen) atoms. The molecule has 0 saturated heterocycles. The summed E-state index contributed by atoms with van der Waals surface area (Å²) in [6, 6.07) is 9.17. The molecule has 0 amide bonds. The molecule has 2 aromatic rings. The lowest BCUT2D eigenvalue weighted by Crippen LogP contribution is -1.97. The minimum Gasteiger partial charge on any atom is -0.497 e. The number of anilines is 1. The Bertz CT molecular complexity index is 582. The highest BCUT2D eigenvalue weighted by Crippen LogP contribution is 2.30. The van der Waals surface area contributed by atoms with Crippen molar-refractivity contribution in [1.29, 1.82) is 0 Å². The van der Waals surface area contributed by atoms with Crippen LogP contribution in [0.2, 0.25) is 0 Å². The summed E-state index contributed by atoms with van der Waals surface area (Å²) in [4.78, 5) is 4.47. The molecular weight excluding hydrogens is 240 g/mol. The second-order valence-electron chi connectivity index (χ2n) is 4.29. The minimum atomic E-state index is 0.604. The van der Waals surface area contributed by atoms with Gasteiger partial charge in [0.2, 0.25) is 0 Å². The van der Waals surface area contributed by atoms with Gasteiger partial charge in [-0.3, -0.25) is 4.98 Å². The number of hydrogen-bond donors (Lipinski definition) is 1. The SMILES string of the molecule is CCc1nc(C)ccc1Oc1cc(N)cc(OC)c1. The lowest BCUT2D eigenvalue weighted by molar-refractivity contribution is 0.408. The highest BCUT2D eigenvalue weighted by Gasteiger charge is 2.07. The lowest BCUT2D eigenvalue weighted by Gasteiger charge is -2.11. The van der Waals surface area contributed by atoms with E-state index in [9.17, 15) is 0 Å². The van der Waals surface area contributed by atoms with E-state index < -0.39 is 0 Å². The largest absolute Gasteiger partial charge is 0.497 e. The van der Waals surface area contributed by atoms with E-state index in [4.69, 9.17) is 15.2 Å². The summed E-state index contributed by atoms with van der Waals surface area (Å²) in [7, 11) is 1.60. The fourth-order valence-electron chi connectivity index (χ4n) is 1.84. The zero-order valence-corrected chi connectivity index (χ0v) is 11.4. The Balaban J connectivity index is 2.33. The van der Waals surface area contributed by atoms with E-state index in [0.717, 1.165) is 23.6 Å². The predicted octanol–water partition coefficient (Wildman–Crippen LogP) is 3.34. The number of benzene rings is 1. The molecule has 1 aromatic carbocycles. The Morgan fingerprint density at radius 3 is 2.58 bits per heavy atom. The highest BCUT2D eigenvalue weighted by molar-refractivity contribution is 5.51. The maximum absolute atomic E-state index is 5.86. The first-order valence-electron chi connectivity index (χ1n) is 6.21. The Hall–Kier alpha value is -2.23. The van der Waals surface area contributed by atoms with Gasteiger partial charge < -0.3 is 15.2 Å². The van der Waals surface area contributed by atoms with Crippen LogP contribution in [0.5, 0.6) is 17.2 Å². The molecule has 100 valence electrons. The van der Waals surface area contributed by atoms with Crippen LogP contribution < -0.4 is 15.2 Å². The molecule has 0 bridgehead atoms. The van der Waals surface area contributed by atoms with E-state index in [-0.39, 0.29) is 0 Å². The Morgan fingerprint density at radius 1 is 1.16 bits per heavy atom. The highest BCUT2D eigenvalue weighted by atomic mass is 16.5. The van der Waals surface area contributed by atoms with Crippen molar-refractivity contribution in [3.63, 3.8) is 0 Å². The van der Waals surface area contributed by atoms with E-state index in [2.05, 4.69) is 11.9 Å². The van der Waals surface area contributed by atoms with Gasteiger partial charge in [0.05, 0.1) is 12.8 Å². The number of nitrogen functional groups attached to an aromatic ring is 1. The van der Waals surface area contributed by atoms with Crippen molar-refractivity contribution in [2.24, 2.45) is 0 Å². The van der Waals surface area contributed by atoms with Crippen LogP contribution in [0, 0.1) is 6.92 Å². The van der Waals surface area contributed by atoms with Gasteiger partial charge in [0.1, 0.15) is 17.2 Å². The smallest absolute Gasteiger partial charge is 0.148 e. The van der Waals surface area contributed by atoms with E-state index in [1.807, 2.05) is 19.1 Å². The van der Waals surface area contributed by atoms with E-state index in [1.54, 1.807) is 25.3 Å². The van der Waals surface area contributed by atoms with Crippen LogP contribution in [0.25, 0.3) is 0 Å². The van der Waals surface area contributed by atoms with Crippen LogP contribution in [-0.4, -0.2) is 12.1 Å². The molecule has 0 radical (unpaired) electrons. The number of aromatic nitrogens is 1. The third kappa shape index (κ3) is 3.16. The lowest BCUT2D eigenvalue weighted by atomic mass is 10.2. The molecular formula is C15H18N2O2. The van der Waals surface area contributed by atoms with Gasteiger partial charge in [0.25, 0.3) is 0 Å². The number of aryl methyl sites for hydroxylation is 2. The van der Waals surface area contributed by atoms with Gasteiger partial charge >= 0.3 is 0 Å². The first-order valence-corrected chi connectivity index (χ1v) is 6.21. The second kappa shape index (κ2) is 5.61. The summed E-state index contributed by atoms with van der Waals surface area (Å²) in [5.41, 5.74) is 8.32. The normalized spacial score (nSPS) is 10.3. The molecule has 1 heterocycles. The zero-order chi connectivity index (χ0) is 13.8. The molecule has 0 saturated carbocycles. The summed E-state index contributed by atoms with van der Waals surface area (Å²) in [5, 5.41) is 0. The summed E-state index contributed by atoms with van der Waals surface area (Å²) < 4.78 is 11.0. The van der Waals surface area contributed by atoms with Crippen LogP contribution in [0.15, 0.2) is 30.3 Å². The summed E-state index contributed by atoms with van der Waals surface area (Å²) in [5.74, 6) is 2.08. The van der Waals surface area contributed by atoms with Crippen LogP contribution in [0.4, 0.5) is 5.69 Å². The van der Waals surface area contributed by atoms with Crippen molar-refractivity contribution >= 4 is 5.69 Å². The molecule has 2 N–H and O–H groups in total. The molecule has 0 aliphatic heterocycles. The third-order valence-corrected chi connectivity index (χ3v) is 2.77. The standard InChI is InChI=1S/C15H18N2O2/c1-4-14-15(6-5-10(2)17-14)19-13-8-11(16)7-12(9-13)18-3/h5-9H,4,16H2,1-3H3. The number of hydrogen-bond acceptors (Lipinski definition) is 4. The Labute approximate surface area is 113 Å². The first kappa shape index (κ1) is 13.2. The van der Waals surface area contributed by atoms with Crippen molar-refractivity contribution in [1.82, 2.24) is 4.98 Å². The molecule has 4 nitrogen and oxygen atoms in total. The van der Waals surface area contributed by atoms with E-state index in [1.165, 1.54) is 0 Å². The maximum atomic E-state index is 5.86. The molecule has 1 aromatic heterocycles. The van der Waals surface area contributed by atoms with Crippen LogP contribution in [-0.2, 0) is 6.42 Å². The van der Waals surface area contributed by atoms with Crippen molar-refractivity contribution in [2.75, 3.05) is 12.8 Å². The quantitative estimate of drug-likeness (QED) is 0.854. The second-order valence-corrected chi connectivity index (χ2v) is 4.29. The molecule has 0 unspecified atom stereocenters. The number of nitrogens with two attached hydrogens (primary N) is 1. The number of nitrogens with zero attached hydrogens (tertiary/aromatic N) is 1. The van der Waals surface area contributed by atoms with Crippen molar-refractivity contribution in [2.45, 2.75) is 20.3 Å². The molecule has 4 heteroatoms. The van der Waals surface area contributed by atoms with Gasteiger partial charge in [-0.05, 0) is 25.5 Å². The van der Waals surface area contributed by atoms with Gasteiger partial charge in [-0.1, -0.05) is 6.92 Å². The number of pyridine rings is 1. The number of rotatable bonds is 4. The van der Waals surface area contributed by atoms with Gasteiger partial charge in [-0.2, -0.15) is 0 Å². The van der Waals surface area contributed by atoms with Crippen molar-refractivity contribution in [3.8, 4) is 17.2 Å². The predicted molar refractivity (Wildman–Crippen MR) is 75.8 cm³/mol. The molecule has 0 aliphatic carbocycles.